The van der Waals surface area contributed by atoms with Crippen molar-refractivity contribution in [2.75, 3.05) is 22.5 Å². The number of imidazole rings is 1. The van der Waals surface area contributed by atoms with E-state index >= 15 is 0 Å². The van der Waals surface area contributed by atoms with E-state index in [0.29, 0.717) is 35.0 Å². The lowest BCUT2D eigenvalue weighted by molar-refractivity contribution is 0.0943. The first kappa shape index (κ1) is 28.0. The van der Waals surface area contributed by atoms with Crippen LogP contribution in [0, 0.1) is 6.92 Å². The molecule has 4 N–H and O–H groups in total. The van der Waals surface area contributed by atoms with E-state index in [9.17, 15) is 19.2 Å². The van der Waals surface area contributed by atoms with Gasteiger partial charge in [-0.25, -0.2) is 4.98 Å². The maximum atomic E-state index is 13.0. The van der Waals surface area contributed by atoms with Crippen LogP contribution in [-0.2, 0) is 28.2 Å². The third kappa shape index (κ3) is 5.98. The van der Waals surface area contributed by atoms with Crippen molar-refractivity contribution in [1.82, 2.24) is 28.6 Å². The molecule has 4 aromatic heterocycles. The second-order valence-electron chi connectivity index (χ2n) is 9.64. The van der Waals surface area contributed by atoms with E-state index in [1.807, 2.05) is 20.0 Å². The highest BCUT2D eigenvalue weighted by Gasteiger charge is 2.20. The number of rotatable bonds is 9. The second-order valence-corrected chi connectivity index (χ2v) is 9.64. The molecule has 0 bridgehead atoms. The molecule has 0 radical (unpaired) electrons. The quantitative estimate of drug-likeness (QED) is 0.254. The maximum absolute atomic E-state index is 13.0. The molecule has 0 aliphatic rings. The summed E-state index contributed by atoms with van der Waals surface area (Å²) in [7, 11) is 6.82. The van der Waals surface area contributed by atoms with Crippen molar-refractivity contribution in [3.05, 3.63) is 71.5 Å². The summed E-state index contributed by atoms with van der Waals surface area (Å²) in [6.07, 6.45) is 7.46. The van der Waals surface area contributed by atoms with Gasteiger partial charge >= 0.3 is 0 Å². The zero-order valence-corrected chi connectivity index (χ0v) is 23.3. The topological polar surface area (TPSA) is 149 Å². The van der Waals surface area contributed by atoms with Crippen molar-refractivity contribution in [1.29, 1.82) is 0 Å². The highest BCUT2D eigenvalue weighted by Crippen LogP contribution is 2.19. The van der Waals surface area contributed by atoms with E-state index < -0.39 is 11.8 Å². The van der Waals surface area contributed by atoms with Gasteiger partial charge in [-0.2, -0.15) is 0 Å². The summed E-state index contributed by atoms with van der Waals surface area (Å²) < 4.78 is 6.43. The number of hydrogen-bond donors (Lipinski definition) is 4. The van der Waals surface area contributed by atoms with E-state index in [1.165, 1.54) is 10.6 Å². The first-order valence-electron chi connectivity index (χ1n) is 12.7. The van der Waals surface area contributed by atoms with E-state index in [-0.39, 0.29) is 23.5 Å². The Labute approximate surface area is 231 Å². The van der Waals surface area contributed by atoms with Crippen LogP contribution in [0.1, 0.15) is 61.0 Å². The van der Waals surface area contributed by atoms with E-state index in [1.54, 1.807) is 72.6 Å². The van der Waals surface area contributed by atoms with Crippen molar-refractivity contribution >= 4 is 40.8 Å². The predicted octanol–water partition coefficient (Wildman–Crippen LogP) is 2.64. The molecule has 0 aliphatic heterocycles. The van der Waals surface area contributed by atoms with Crippen molar-refractivity contribution in [3.8, 4) is 0 Å². The lowest BCUT2D eigenvalue weighted by Gasteiger charge is -2.03. The molecular formula is C27H33N9O4. The van der Waals surface area contributed by atoms with Crippen LogP contribution in [0.3, 0.4) is 0 Å². The lowest BCUT2D eigenvalue weighted by Crippen LogP contribution is -2.25. The Balaban J connectivity index is 1.42. The van der Waals surface area contributed by atoms with Crippen LogP contribution < -0.4 is 21.3 Å². The summed E-state index contributed by atoms with van der Waals surface area (Å²) in [5, 5.41) is 11.1. The molecule has 0 unspecified atom stereocenters. The summed E-state index contributed by atoms with van der Waals surface area (Å²) in [5.41, 5.74) is 2.99. The molecule has 4 aromatic rings. The molecule has 0 atom stereocenters. The number of carbonyl (C=O) groups is 4. The Bertz CT molecular complexity index is 1600. The highest BCUT2D eigenvalue weighted by atomic mass is 16.2. The van der Waals surface area contributed by atoms with Crippen molar-refractivity contribution < 1.29 is 19.2 Å². The van der Waals surface area contributed by atoms with Crippen molar-refractivity contribution in [3.63, 3.8) is 0 Å². The third-order valence-electron chi connectivity index (χ3n) is 6.22. The molecule has 210 valence electrons. The minimum Gasteiger partial charge on any atom is -0.351 e. The van der Waals surface area contributed by atoms with Gasteiger partial charge in [-0.3, -0.25) is 19.2 Å². The van der Waals surface area contributed by atoms with Crippen molar-refractivity contribution in [2.45, 2.75) is 20.3 Å². The molecule has 40 heavy (non-hydrogen) atoms. The Morgan fingerprint density at radius 1 is 0.675 bits per heavy atom. The molecule has 0 aliphatic carbocycles. The highest BCUT2D eigenvalue weighted by molar-refractivity contribution is 6.07. The van der Waals surface area contributed by atoms with Gasteiger partial charge in [-0.15, -0.1) is 0 Å². The fourth-order valence-corrected chi connectivity index (χ4v) is 4.30. The second kappa shape index (κ2) is 11.4. The molecule has 4 rings (SSSR count). The number of amides is 4. The molecule has 0 aromatic carbocycles. The standard InChI is InChI=1S/C27H33N9O4/c1-7-8-28-24(37)20-10-17(13-34(20)4)29-25(38)21-11-18(14-35(21)5)30-27(40)23-31-22(15-36(23)6)32-26(39)19-9-16(2)12-33(19)3/h9-15H,7-8H2,1-6H3,(H,28,37)(H,29,38)(H,30,40)(H,32,39). The minimum atomic E-state index is -0.513. The van der Waals surface area contributed by atoms with Gasteiger partial charge in [0.15, 0.2) is 5.82 Å². The third-order valence-corrected chi connectivity index (χ3v) is 6.22. The fourth-order valence-electron chi connectivity index (χ4n) is 4.30. The number of anilines is 3. The molecule has 0 fully saturated rings. The summed E-state index contributed by atoms with van der Waals surface area (Å²) in [5.74, 6) is -1.18. The van der Waals surface area contributed by atoms with Gasteiger partial charge in [0.2, 0.25) is 5.82 Å². The van der Waals surface area contributed by atoms with Crippen molar-refractivity contribution in [2.24, 2.45) is 28.2 Å². The van der Waals surface area contributed by atoms with Crippen LogP contribution >= 0.6 is 0 Å². The minimum absolute atomic E-state index is 0.0754. The lowest BCUT2D eigenvalue weighted by atomic mass is 10.3. The summed E-state index contributed by atoms with van der Waals surface area (Å²) in [4.78, 5) is 55.1. The van der Waals surface area contributed by atoms with Crippen LogP contribution in [0.5, 0.6) is 0 Å². The van der Waals surface area contributed by atoms with Crippen LogP contribution in [0.25, 0.3) is 0 Å². The van der Waals surface area contributed by atoms with Gasteiger partial charge in [-0.05, 0) is 37.1 Å². The van der Waals surface area contributed by atoms with Gasteiger partial charge in [0, 0.05) is 59.5 Å². The molecule has 13 heteroatoms. The SMILES string of the molecule is CCCNC(=O)c1cc(NC(=O)c2cc(NC(=O)c3nc(NC(=O)c4cc(C)cn4C)cn3C)cn2C)cn1C. The van der Waals surface area contributed by atoms with Gasteiger partial charge in [-0.1, -0.05) is 6.92 Å². The average Bonchev–Trinajstić information content (AvgIpc) is 3.63. The zero-order chi connectivity index (χ0) is 29.1. The summed E-state index contributed by atoms with van der Waals surface area (Å²) >= 11 is 0. The number of aryl methyl sites for hydroxylation is 5. The largest absolute Gasteiger partial charge is 0.351 e. The zero-order valence-electron chi connectivity index (χ0n) is 23.3. The maximum Gasteiger partial charge on any atom is 0.291 e. The van der Waals surface area contributed by atoms with Gasteiger partial charge in [0.05, 0.1) is 11.4 Å². The molecule has 0 saturated carbocycles. The monoisotopic (exact) mass is 547 g/mol. The molecule has 4 heterocycles. The first-order valence-corrected chi connectivity index (χ1v) is 12.7. The Morgan fingerprint density at radius 3 is 1.77 bits per heavy atom. The normalized spacial score (nSPS) is 10.8. The smallest absolute Gasteiger partial charge is 0.291 e. The van der Waals surface area contributed by atoms with E-state index in [0.717, 1.165) is 12.0 Å². The first-order chi connectivity index (χ1) is 19.0. The Kier molecular flexibility index (Phi) is 7.93. The van der Waals surface area contributed by atoms with Crippen LogP contribution in [0.15, 0.2) is 43.0 Å². The van der Waals surface area contributed by atoms with Gasteiger partial charge < -0.3 is 39.5 Å². The number of carbonyl (C=O) groups excluding carboxylic acids is 4. The Morgan fingerprint density at radius 2 is 1.20 bits per heavy atom. The molecule has 0 saturated heterocycles. The molecular weight excluding hydrogens is 514 g/mol. The van der Waals surface area contributed by atoms with Crippen LogP contribution in [-0.4, -0.2) is 53.4 Å². The van der Waals surface area contributed by atoms with Crippen LogP contribution in [0.2, 0.25) is 0 Å². The van der Waals surface area contributed by atoms with Gasteiger partial charge in [0.1, 0.15) is 17.1 Å². The fraction of sp³-hybridized carbons (Fsp3) is 0.296. The Hall–Kier alpha value is -5.07. The van der Waals surface area contributed by atoms with E-state index in [4.69, 9.17) is 0 Å². The summed E-state index contributed by atoms with van der Waals surface area (Å²) in [6.45, 7) is 4.42. The summed E-state index contributed by atoms with van der Waals surface area (Å²) in [6, 6.07) is 4.90. The van der Waals surface area contributed by atoms with Crippen LogP contribution in [0.4, 0.5) is 17.2 Å². The number of nitrogens with zero attached hydrogens (tertiary/aromatic N) is 5. The molecule has 0 spiro atoms. The molecule has 4 amide bonds. The van der Waals surface area contributed by atoms with E-state index in [2.05, 4.69) is 26.3 Å². The number of nitrogens with one attached hydrogen (secondary N) is 4. The average molecular weight is 548 g/mol. The van der Waals surface area contributed by atoms with Gasteiger partial charge in [0.25, 0.3) is 23.6 Å². The molecule has 13 nitrogen and oxygen atoms in total. The number of aromatic nitrogens is 5. The number of hydrogen-bond acceptors (Lipinski definition) is 5. The predicted molar refractivity (Wildman–Crippen MR) is 151 cm³/mol.